The van der Waals surface area contributed by atoms with Crippen LogP contribution in [-0.4, -0.2) is 0 Å². The van der Waals surface area contributed by atoms with E-state index >= 15 is 0 Å². The van der Waals surface area contributed by atoms with E-state index in [0.29, 0.717) is 0 Å². The maximum atomic E-state index is 6.34. The SMILES string of the molecule is c1ccc2cc(-c3ccc(Nc4cccc5c4oc4ccc6ccccc6c45)cc3)ccc2c1. The summed E-state index contributed by atoms with van der Waals surface area (Å²) in [4.78, 5) is 0. The highest BCUT2D eigenvalue weighted by Gasteiger charge is 2.13. The van der Waals surface area contributed by atoms with Gasteiger partial charge in [-0.15, -0.1) is 0 Å². The van der Waals surface area contributed by atoms with Crippen LogP contribution < -0.4 is 5.32 Å². The zero-order valence-electron chi connectivity index (χ0n) is 18.5. The van der Waals surface area contributed by atoms with Crippen LogP contribution in [-0.2, 0) is 0 Å². The lowest BCUT2D eigenvalue weighted by Gasteiger charge is -2.09. The molecule has 160 valence electrons. The lowest BCUT2D eigenvalue weighted by atomic mass is 10.0. The molecular weight excluding hydrogens is 414 g/mol. The molecule has 1 heterocycles. The first-order valence-corrected chi connectivity index (χ1v) is 11.5. The number of hydrogen-bond acceptors (Lipinski definition) is 2. The highest BCUT2D eigenvalue weighted by molar-refractivity contribution is 6.20. The van der Waals surface area contributed by atoms with Crippen molar-refractivity contribution in [2.75, 3.05) is 5.32 Å². The van der Waals surface area contributed by atoms with Gasteiger partial charge in [-0.2, -0.15) is 0 Å². The Bertz CT molecular complexity index is 1830. The van der Waals surface area contributed by atoms with Gasteiger partial charge in [0.1, 0.15) is 5.58 Å². The van der Waals surface area contributed by atoms with Crippen LogP contribution in [0.1, 0.15) is 0 Å². The number of rotatable bonds is 3. The van der Waals surface area contributed by atoms with Crippen molar-refractivity contribution >= 4 is 54.9 Å². The van der Waals surface area contributed by atoms with E-state index in [9.17, 15) is 0 Å². The molecule has 7 rings (SSSR count). The molecule has 0 saturated carbocycles. The van der Waals surface area contributed by atoms with E-state index in [-0.39, 0.29) is 0 Å². The quantitative estimate of drug-likeness (QED) is 0.299. The average molecular weight is 436 g/mol. The van der Waals surface area contributed by atoms with Crippen molar-refractivity contribution in [1.29, 1.82) is 0 Å². The molecule has 0 atom stereocenters. The van der Waals surface area contributed by atoms with E-state index in [0.717, 1.165) is 27.9 Å². The highest BCUT2D eigenvalue weighted by Crippen LogP contribution is 2.38. The molecule has 0 amide bonds. The first-order chi connectivity index (χ1) is 16.8. The Morgan fingerprint density at radius 1 is 0.500 bits per heavy atom. The Morgan fingerprint density at radius 2 is 1.21 bits per heavy atom. The van der Waals surface area contributed by atoms with Crippen LogP contribution >= 0.6 is 0 Å². The number of anilines is 2. The summed E-state index contributed by atoms with van der Waals surface area (Å²) in [7, 11) is 0. The number of fused-ring (bicyclic) bond motifs is 6. The van der Waals surface area contributed by atoms with E-state index in [4.69, 9.17) is 4.42 Å². The van der Waals surface area contributed by atoms with E-state index in [1.54, 1.807) is 0 Å². The predicted octanol–water partition coefficient (Wildman–Crippen LogP) is 9.30. The Labute approximate surface area is 197 Å². The van der Waals surface area contributed by atoms with Crippen molar-refractivity contribution in [2.24, 2.45) is 0 Å². The second kappa shape index (κ2) is 7.50. The molecule has 0 fully saturated rings. The summed E-state index contributed by atoms with van der Waals surface area (Å²) in [5.41, 5.74) is 6.21. The fourth-order valence-electron chi connectivity index (χ4n) is 4.94. The summed E-state index contributed by atoms with van der Waals surface area (Å²) in [6.07, 6.45) is 0. The molecule has 34 heavy (non-hydrogen) atoms. The van der Waals surface area contributed by atoms with Crippen LogP contribution in [0.3, 0.4) is 0 Å². The van der Waals surface area contributed by atoms with Gasteiger partial charge in [-0.3, -0.25) is 0 Å². The monoisotopic (exact) mass is 435 g/mol. The third-order valence-electron chi connectivity index (χ3n) is 6.63. The summed E-state index contributed by atoms with van der Waals surface area (Å²) < 4.78 is 6.34. The van der Waals surface area contributed by atoms with Crippen molar-refractivity contribution in [1.82, 2.24) is 0 Å². The minimum atomic E-state index is 0.882. The maximum Gasteiger partial charge on any atom is 0.158 e. The third kappa shape index (κ3) is 3.04. The van der Waals surface area contributed by atoms with Gasteiger partial charge in [0, 0.05) is 16.5 Å². The van der Waals surface area contributed by atoms with E-state index in [1.165, 1.54) is 38.1 Å². The summed E-state index contributed by atoms with van der Waals surface area (Å²) in [6, 6.07) is 42.6. The fraction of sp³-hybridized carbons (Fsp3) is 0. The van der Waals surface area contributed by atoms with Crippen LogP contribution in [0, 0.1) is 0 Å². The van der Waals surface area contributed by atoms with Gasteiger partial charge < -0.3 is 9.73 Å². The molecule has 2 heteroatoms. The third-order valence-corrected chi connectivity index (χ3v) is 6.63. The topological polar surface area (TPSA) is 25.2 Å². The molecule has 0 aliphatic heterocycles. The van der Waals surface area contributed by atoms with Crippen molar-refractivity contribution in [3.63, 3.8) is 0 Å². The Morgan fingerprint density at radius 3 is 2.09 bits per heavy atom. The van der Waals surface area contributed by atoms with Gasteiger partial charge in [-0.05, 0) is 63.0 Å². The molecule has 0 radical (unpaired) electrons. The maximum absolute atomic E-state index is 6.34. The molecule has 0 spiro atoms. The zero-order chi connectivity index (χ0) is 22.5. The molecule has 7 aromatic rings. The number of para-hydroxylation sites is 1. The molecule has 0 saturated heterocycles. The summed E-state index contributed by atoms with van der Waals surface area (Å²) in [5, 5.41) is 10.8. The zero-order valence-corrected chi connectivity index (χ0v) is 18.5. The van der Waals surface area contributed by atoms with E-state index in [1.807, 2.05) is 0 Å². The fourth-order valence-corrected chi connectivity index (χ4v) is 4.94. The number of hydrogen-bond donors (Lipinski definition) is 1. The summed E-state index contributed by atoms with van der Waals surface area (Å²) >= 11 is 0. The Hall–Kier alpha value is -4.56. The van der Waals surface area contributed by atoms with Crippen molar-refractivity contribution in [3.8, 4) is 11.1 Å². The van der Waals surface area contributed by atoms with Crippen molar-refractivity contribution in [2.45, 2.75) is 0 Å². The molecule has 0 unspecified atom stereocenters. The Balaban J connectivity index is 1.26. The molecular formula is C32H21NO. The van der Waals surface area contributed by atoms with Crippen LogP contribution in [0.25, 0.3) is 54.6 Å². The highest BCUT2D eigenvalue weighted by atomic mass is 16.3. The minimum Gasteiger partial charge on any atom is -0.454 e. The van der Waals surface area contributed by atoms with Crippen LogP contribution in [0.4, 0.5) is 11.4 Å². The molecule has 1 aromatic heterocycles. The van der Waals surface area contributed by atoms with Crippen molar-refractivity contribution in [3.05, 3.63) is 121 Å². The van der Waals surface area contributed by atoms with Crippen molar-refractivity contribution < 1.29 is 4.42 Å². The summed E-state index contributed by atoms with van der Waals surface area (Å²) in [6.45, 7) is 0. The second-order valence-electron chi connectivity index (χ2n) is 8.71. The summed E-state index contributed by atoms with van der Waals surface area (Å²) in [5.74, 6) is 0. The van der Waals surface area contributed by atoms with Gasteiger partial charge in [-0.25, -0.2) is 0 Å². The number of furan rings is 1. The van der Waals surface area contributed by atoms with Gasteiger partial charge in [0.05, 0.1) is 5.69 Å². The molecule has 2 nitrogen and oxygen atoms in total. The first kappa shape index (κ1) is 19.0. The molecule has 6 aromatic carbocycles. The molecule has 1 N–H and O–H groups in total. The first-order valence-electron chi connectivity index (χ1n) is 11.5. The van der Waals surface area contributed by atoms with Gasteiger partial charge in [0.15, 0.2) is 5.58 Å². The van der Waals surface area contributed by atoms with Gasteiger partial charge in [-0.1, -0.05) is 91.0 Å². The average Bonchev–Trinajstić information content (AvgIpc) is 3.29. The normalized spacial score (nSPS) is 11.5. The molecule has 0 bridgehead atoms. The largest absolute Gasteiger partial charge is 0.454 e. The van der Waals surface area contributed by atoms with Crippen LogP contribution in [0.5, 0.6) is 0 Å². The van der Waals surface area contributed by atoms with Gasteiger partial charge >= 0.3 is 0 Å². The lowest BCUT2D eigenvalue weighted by molar-refractivity contribution is 0.670. The number of nitrogens with one attached hydrogen (secondary N) is 1. The number of benzene rings is 6. The Kier molecular flexibility index (Phi) is 4.18. The van der Waals surface area contributed by atoms with Crippen LogP contribution in [0.2, 0.25) is 0 Å². The molecule has 0 aliphatic carbocycles. The van der Waals surface area contributed by atoms with Gasteiger partial charge in [0.25, 0.3) is 0 Å². The smallest absolute Gasteiger partial charge is 0.158 e. The molecule has 0 aliphatic rings. The second-order valence-corrected chi connectivity index (χ2v) is 8.71. The van der Waals surface area contributed by atoms with E-state index in [2.05, 4.69) is 127 Å². The van der Waals surface area contributed by atoms with Crippen LogP contribution in [0.15, 0.2) is 126 Å². The predicted molar refractivity (Wildman–Crippen MR) is 144 cm³/mol. The lowest BCUT2D eigenvalue weighted by Crippen LogP contribution is -1.90. The standard InChI is InChI=1S/C32H21NO/c1-2-8-24-20-25(13-12-21(24)6-1)22-14-17-26(18-15-22)33-29-11-5-10-28-31-27-9-4-3-7-23(27)16-19-30(31)34-32(28)29/h1-20,33H. The minimum absolute atomic E-state index is 0.882. The van der Waals surface area contributed by atoms with Gasteiger partial charge in [0.2, 0.25) is 0 Å². The van der Waals surface area contributed by atoms with E-state index < -0.39 is 0 Å².